The fourth-order valence-electron chi connectivity index (χ4n) is 1.47. The molecule has 0 radical (unpaired) electrons. The first-order valence-electron chi connectivity index (χ1n) is 4.52. The van der Waals surface area contributed by atoms with Gasteiger partial charge >= 0.3 is 0 Å². The fraction of sp³-hybridized carbons (Fsp3) is 0.182. The summed E-state index contributed by atoms with van der Waals surface area (Å²) in [5, 5.41) is 8.96. The Morgan fingerprint density at radius 3 is 2.93 bits per heavy atom. The minimum absolute atomic E-state index is 0.270. The van der Waals surface area contributed by atoms with Crippen LogP contribution in [0.3, 0.4) is 0 Å². The number of nitriles is 1. The molecule has 2 rings (SSSR count). The highest BCUT2D eigenvalue weighted by Gasteiger charge is 2.13. The molecule has 0 spiro atoms. The van der Waals surface area contributed by atoms with Crippen molar-refractivity contribution in [3.8, 4) is 6.07 Å². The molecule has 4 heteroatoms. The number of hydrogen-bond acceptors (Lipinski definition) is 3. The summed E-state index contributed by atoms with van der Waals surface area (Å²) in [7, 11) is 0. The lowest BCUT2D eigenvalue weighted by Gasteiger charge is -2.07. The third kappa shape index (κ3) is 1.77. The Hall–Kier alpha value is -1.66. The summed E-state index contributed by atoms with van der Waals surface area (Å²) in [5.74, 6) is -0.0568. The lowest BCUT2D eigenvalue weighted by Crippen LogP contribution is -2.00. The third-order valence-corrected chi connectivity index (χ3v) is 2.52. The quantitative estimate of drug-likeness (QED) is 0.727. The van der Waals surface area contributed by atoms with Crippen molar-refractivity contribution in [2.75, 3.05) is 5.88 Å². The van der Waals surface area contributed by atoms with Crippen molar-refractivity contribution in [1.29, 1.82) is 5.26 Å². The van der Waals surface area contributed by atoms with Crippen LogP contribution in [0, 0.1) is 11.3 Å². The molecule has 74 valence electrons. The van der Waals surface area contributed by atoms with Crippen LogP contribution in [0.5, 0.6) is 0 Å². The van der Waals surface area contributed by atoms with E-state index in [0.717, 1.165) is 16.6 Å². The Morgan fingerprint density at radius 2 is 2.20 bits per heavy atom. The van der Waals surface area contributed by atoms with E-state index in [4.69, 9.17) is 16.9 Å². The molecule has 2 aromatic rings. The van der Waals surface area contributed by atoms with Crippen LogP contribution in [0.25, 0.3) is 11.0 Å². The van der Waals surface area contributed by atoms with Gasteiger partial charge in [0.25, 0.3) is 0 Å². The van der Waals surface area contributed by atoms with Crippen molar-refractivity contribution in [3.63, 3.8) is 0 Å². The Bertz CT molecular complexity index is 513. The lowest BCUT2D eigenvalue weighted by molar-refractivity contribution is 0.992. The minimum Gasteiger partial charge on any atom is -0.255 e. The molecule has 0 saturated carbocycles. The van der Waals surface area contributed by atoms with E-state index in [0.29, 0.717) is 0 Å². The molecule has 15 heavy (non-hydrogen) atoms. The average Bonchev–Trinajstić information content (AvgIpc) is 2.31. The maximum Gasteiger partial charge on any atom is 0.0932 e. The molecule has 0 fully saturated rings. The van der Waals surface area contributed by atoms with E-state index in [9.17, 15) is 0 Å². The third-order valence-electron chi connectivity index (χ3n) is 2.21. The van der Waals surface area contributed by atoms with Crippen LogP contribution in [0.1, 0.15) is 11.5 Å². The molecule has 0 saturated heterocycles. The Labute approximate surface area is 92.3 Å². The molecule has 1 atom stereocenters. The van der Waals surface area contributed by atoms with Crippen LogP contribution in [-0.2, 0) is 0 Å². The first kappa shape index (κ1) is 9.88. The smallest absolute Gasteiger partial charge is 0.0932 e. The van der Waals surface area contributed by atoms with Crippen molar-refractivity contribution in [2.45, 2.75) is 5.92 Å². The van der Waals surface area contributed by atoms with Gasteiger partial charge in [0, 0.05) is 18.3 Å². The standard InChI is InChI=1S/C11H8ClN3/c12-6-8(7-13)9-3-5-14-10-2-1-4-15-11(9)10/h1-5,8H,6H2. The summed E-state index contributed by atoms with van der Waals surface area (Å²) < 4.78 is 0. The fourth-order valence-corrected chi connectivity index (χ4v) is 1.70. The molecule has 0 aliphatic heterocycles. The van der Waals surface area contributed by atoms with Gasteiger partial charge in [-0.3, -0.25) is 9.97 Å². The summed E-state index contributed by atoms with van der Waals surface area (Å²) in [6.07, 6.45) is 3.37. The van der Waals surface area contributed by atoms with Crippen molar-refractivity contribution >= 4 is 22.6 Å². The van der Waals surface area contributed by atoms with Gasteiger partial charge in [0.2, 0.25) is 0 Å². The minimum atomic E-state index is -0.327. The predicted molar refractivity (Wildman–Crippen MR) is 58.6 cm³/mol. The zero-order chi connectivity index (χ0) is 10.7. The van der Waals surface area contributed by atoms with E-state index in [1.807, 2.05) is 12.1 Å². The van der Waals surface area contributed by atoms with Crippen molar-refractivity contribution in [1.82, 2.24) is 9.97 Å². The SMILES string of the molecule is N#CC(CCl)c1ccnc2cccnc12. The van der Waals surface area contributed by atoms with Gasteiger partial charge in [0.05, 0.1) is 23.0 Å². The van der Waals surface area contributed by atoms with E-state index in [1.54, 1.807) is 18.5 Å². The predicted octanol–water partition coefficient (Wildman–Crippen LogP) is 2.48. The van der Waals surface area contributed by atoms with Crippen LogP contribution >= 0.6 is 11.6 Å². The van der Waals surface area contributed by atoms with E-state index < -0.39 is 0 Å². The second-order valence-corrected chi connectivity index (χ2v) is 3.42. The Morgan fingerprint density at radius 1 is 1.33 bits per heavy atom. The largest absolute Gasteiger partial charge is 0.255 e. The number of fused-ring (bicyclic) bond motifs is 1. The van der Waals surface area contributed by atoms with E-state index >= 15 is 0 Å². The molecule has 0 bridgehead atoms. The number of rotatable bonds is 2. The van der Waals surface area contributed by atoms with Gasteiger partial charge in [-0.05, 0) is 23.8 Å². The molecule has 0 N–H and O–H groups in total. The molecule has 2 aromatic heterocycles. The normalized spacial score (nSPS) is 12.3. The van der Waals surface area contributed by atoms with E-state index in [-0.39, 0.29) is 11.8 Å². The molecule has 0 aromatic carbocycles. The van der Waals surface area contributed by atoms with Gasteiger partial charge in [0.1, 0.15) is 0 Å². The molecule has 2 heterocycles. The zero-order valence-electron chi connectivity index (χ0n) is 7.89. The zero-order valence-corrected chi connectivity index (χ0v) is 8.65. The van der Waals surface area contributed by atoms with Crippen molar-refractivity contribution in [2.24, 2.45) is 0 Å². The van der Waals surface area contributed by atoms with E-state index in [1.165, 1.54) is 0 Å². The summed E-state index contributed by atoms with van der Waals surface area (Å²) in [5.41, 5.74) is 2.39. The molecule has 1 unspecified atom stereocenters. The lowest BCUT2D eigenvalue weighted by atomic mass is 10.0. The highest BCUT2D eigenvalue weighted by molar-refractivity contribution is 6.18. The molecule has 0 aliphatic carbocycles. The Kier molecular flexibility index (Phi) is 2.79. The number of aromatic nitrogens is 2. The van der Waals surface area contributed by atoms with Crippen LogP contribution in [0.2, 0.25) is 0 Å². The molecule has 3 nitrogen and oxygen atoms in total. The summed E-state index contributed by atoms with van der Waals surface area (Å²) >= 11 is 5.73. The number of halogens is 1. The first-order chi connectivity index (χ1) is 7.36. The number of alkyl halides is 1. The highest BCUT2D eigenvalue weighted by Crippen LogP contribution is 2.22. The molecular formula is C11H8ClN3. The number of pyridine rings is 2. The average molecular weight is 218 g/mol. The van der Waals surface area contributed by atoms with E-state index in [2.05, 4.69) is 16.0 Å². The topological polar surface area (TPSA) is 49.6 Å². The summed E-state index contributed by atoms with van der Waals surface area (Å²) in [4.78, 5) is 8.40. The molecule has 0 aliphatic rings. The highest BCUT2D eigenvalue weighted by atomic mass is 35.5. The molecule has 0 amide bonds. The van der Waals surface area contributed by atoms with Gasteiger partial charge in [-0.25, -0.2) is 0 Å². The van der Waals surface area contributed by atoms with Gasteiger partial charge in [0.15, 0.2) is 0 Å². The van der Waals surface area contributed by atoms with Crippen molar-refractivity contribution in [3.05, 3.63) is 36.2 Å². The first-order valence-corrected chi connectivity index (χ1v) is 5.05. The maximum absolute atomic E-state index is 8.96. The second kappa shape index (κ2) is 4.24. The second-order valence-electron chi connectivity index (χ2n) is 3.11. The van der Waals surface area contributed by atoms with Gasteiger partial charge < -0.3 is 0 Å². The maximum atomic E-state index is 8.96. The number of nitrogens with zero attached hydrogens (tertiary/aromatic N) is 3. The van der Waals surface area contributed by atoms with Crippen LogP contribution in [0.4, 0.5) is 0 Å². The van der Waals surface area contributed by atoms with Crippen LogP contribution < -0.4 is 0 Å². The monoisotopic (exact) mass is 217 g/mol. The van der Waals surface area contributed by atoms with Crippen LogP contribution in [0.15, 0.2) is 30.6 Å². The molecular weight excluding hydrogens is 210 g/mol. The summed E-state index contributed by atoms with van der Waals surface area (Å²) in [6.45, 7) is 0. The van der Waals surface area contributed by atoms with Gasteiger partial charge in [-0.1, -0.05) is 0 Å². The Balaban J connectivity index is 2.66. The van der Waals surface area contributed by atoms with Gasteiger partial charge in [-0.2, -0.15) is 5.26 Å². The summed E-state index contributed by atoms with van der Waals surface area (Å²) in [6, 6.07) is 7.65. The van der Waals surface area contributed by atoms with Crippen molar-refractivity contribution < 1.29 is 0 Å². The van der Waals surface area contributed by atoms with Crippen LogP contribution in [-0.4, -0.2) is 15.8 Å². The van der Waals surface area contributed by atoms with Gasteiger partial charge in [-0.15, -0.1) is 11.6 Å². The number of hydrogen-bond donors (Lipinski definition) is 0.